The molecule has 2 N–H and O–H groups in total. The summed E-state index contributed by atoms with van der Waals surface area (Å²) in [4.78, 5) is 10.7. The van der Waals surface area contributed by atoms with Gasteiger partial charge in [0.15, 0.2) is 0 Å². The van der Waals surface area contributed by atoms with Crippen molar-refractivity contribution in [2.45, 2.75) is 45.8 Å². The molecule has 3 atom stereocenters. The Labute approximate surface area is 181 Å². The molecular weight excluding hydrogens is 392 g/mol. The van der Waals surface area contributed by atoms with Gasteiger partial charge in [0.05, 0.1) is 6.10 Å². The fourth-order valence-corrected chi connectivity index (χ4v) is 8.54. The lowest BCUT2D eigenvalue weighted by Gasteiger charge is -2.44. The van der Waals surface area contributed by atoms with E-state index in [1.54, 1.807) is 6.92 Å². The molecule has 0 bridgehead atoms. The number of hydrogen-bond donors (Lipinski definition) is 2. The molecule has 0 spiro atoms. The molecule has 0 saturated carbocycles. The zero-order valence-electron chi connectivity index (χ0n) is 18.4. The van der Waals surface area contributed by atoms with E-state index in [2.05, 4.69) is 56.9 Å². The van der Waals surface area contributed by atoms with Crippen molar-refractivity contribution in [2.24, 2.45) is 11.8 Å². The number of aliphatic hydroxyl groups excluding tert-OH is 1. The lowest BCUT2D eigenvalue weighted by atomic mass is 9.94. The molecule has 160 valence electrons. The van der Waals surface area contributed by atoms with Crippen molar-refractivity contribution in [3.63, 3.8) is 0 Å². The lowest BCUT2D eigenvalue weighted by Crippen LogP contribution is -2.67. The first-order valence-electron chi connectivity index (χ1n) is 10.3. The Hall–Kier alpha value is -2.39. The molecule has 5 heteroatoms. The number of aliphatic hydroxyl groups is 1. The topological polar surface area (TPSA) is 66.8 Å². The van der Waals surface area contributed by atoms with E-state index in [4.69, 9.17) is 9.53 Å². The van der Waals surface area contributed by atoms with Crippen molar-refractivity contribution < 1.29 is 19.4 Å². The molecule has 0 aliphatic heterocycles. The van der Waals surface area contributed by atoms with Gasteiger partial charge in [0, 0.05) is 24.4 Å². The monoisotopic (exact) mass is 424 g/mol. The molecule has 0 saturated heterocycles. The van der Waals surface area contributed by atoms with E-state index in [1.807, 2.05) is 43.3 Å². The van der Waals surface area contributed by atoms with Gasteiger partial charge in [-0.25, -0.2) is 4.79 Å². The van der Waals surface area contributed by atoms with Gasteiger partial charge in [0.2, 0.25) is 0 Å². The first kappa shape index (κ1) is 23.9. The van der Waals surface area contributed by atoms with Gasteiger partial charge in [-0.1, -0.05) is 94.3 Å². The summed E-state index contributed by atoms with van der Waals surface area (Å²) in [6.07, 6.45) is -0.782. The van der Waals surface area contributed by atoms with Gasteiger partial charge in [0.1, 0.15) is 0 Å². The van der Waals surface area contributed by atoms with Gasteiger partial charge in [-0.2, -0.15) is 0 Å². The van der Waals surface area contributed by atoms with Gasteiger partial charge >= 0.3 is 5.97 Å². The van der Waals surface area contributed by atoms with Crippen LogP contribution >= 0.6 is 0 Å². The van der Waals surface area contributed by atoms with Crippen LogP contribution in [0.3, 0.4) is 0 Å². The summed E-state index contributed by atoms with van der Waals surface area (Å²) in [6.45, 7) is 10.6. The quantitative estimate of drug-likeness (QED) is 0.529. The summed E-state index contributed by atoms with van der Waals surface area (Å²) >= 11 is 0. The predicted molar refractivity (Wildman–Crippen MR) is 123 cm³/mol. The number of hydrogen-bond acceptors (Lipinski definition) is 3. The van der Waals surface area contributed by atoms with Gasteiger partial charge in [-0.05, 0) is 22.3 Å². The predicted octanol–water partition coefficient (Wildman–Crippen LogP) is 3.28. The van der Waals surface area contributed by atoms with E-state index in [1.165, 1.54) is 10.4 Å². The van der Waals surface area contributed by atoms with Crippen LogP contribution in [0.1, 0.15) is 34.6 Å². The number of carboxylic acids is 1. The van der Waals surface area contributed by atoms with Crippen molar-refractivity contribution >= 4 is 24.7 Å². The molecule has 30 heavy (non-hydrogen) atoms. The molecule has 0 radical (unpaired) electrons. The number of carbonyl (C=O) groups is 1. The second kappa shape index (κ2) is 10.1. The Kier molecular flexibility index (Phi) is 8.02. The molecule has 0 fully saturated rings. The molecule has 0 aliphatic rings. The highest BCUT2D eigenvalue weighted by Crippen LogP contribution is 2.37. The molecule has 0 aliphatic carbocycles. The Morgan fingerprint density at radius 2 is 1.47 bits per heavy atom. The lowest BCUT2D eigenvalue weighted by molar-refractivity contribution is -0.130. The van der Waals surface area contributed by atoms with E-state index < -0.39 is 26.3 Å². The summed E-state index contributed by atoms with van der Waals surface area (Å²) in [5, 5.41) is 21.7. The summed E-state index contributed by atoms with van der Waals surface area (Å²) in [5.41, 5.74) is 0. The smallest absolute Gasteiger partial charge is 0.381 e. The SMILES string of the molecule is C[C@H](CO[Si](c1ccccc1)(c1ccccc1)C(C)(C)C)[C@@H](O)[C@@H](C)C#CC(=O)O. The van der Waals surface area contributed by atoms with Crippen molar-refractivity contribution in [1.82, 2.24) is 0 Å². The van der Waals surface area contributed by atoms with Crippen LogP contribution in [0.15, 0.2) is 60.7 Å². The maximum absolute atomic E-state index is 10.7. The van der Waals surface area contributed by atoms with Gasteiger partial charge in [-0.15, -0.1) is 0 Å². The molecule has 2 aromatic rings. The highest BCUT2D eigenvalue weighted by molar-refractivity contribution is 6.99. The van der Waals surface area contributed by atoms with Crippen molar-refractivity contribution in [3.8, 4) is 11.8 Å². The largest absolute Gasteiger partial charge is 0.472 e. The van der Waals surface area contributed by atoms with Crippen molar-refractivity contribution in [1.29, 1.82) is 0 Å². The summed E-state index contributed by atoms with van der Waals surface area (Å²) in [6, 6.07) is 20.7. The van der Waals surface area contributed by atoms with Crippen LogP contribution in [0, 0.1) is 23.7 Å². The Balaban J connectivity index is 2.40. The van der Waals surface area contributed by atoms with Crippen LogP contribution in [-0.4, -0.2) is 37.2 Å². The van der Waals surface area contributed by atoms with E-state index in [-0.39, 0.29) is 11.0 Å². The first-order chi connectivity index (χ1) is 14.1. The van der Waals surface area contributed by atoms with Gasteiger partial charge in [0.25, 0.3) is 8.32 Å². The molecule has 0 amide bonds. The van der Waals surface area contributed by atoms with Crippen molar-refractivity contribution in [3.05, 3.63) is 60.7 Å². The van der Waals surface area contributed by atoms with Crippen LogP contribution in [0.25, 0.3) is 0 Å². The second-order valence-corrected chi connectivity index (χ2v) is 13.1. The summed E-state index contributed by atoms with van der Waals surface area (Å²) in [7, 11) is -2.67. The van der Waals surface area contributed by atoms with Gasteiger partial charge in [-0.3, -0.25) is 0 Å². The Morgan fingerprint density at radius 3 is 1.87 bits per heavy atom. The molecule has 0 unspecified atom stereocenters. The number of carboxylic acid groups (broad SMARTS) is 1. The third-order valence-corrected chi connectivity index (χ3v) is 10.5. The van der Waals surface area contributed by atoms with Crippen LogP contribution in [0.2, 0.25) is 5.04 Å². The Bertz CT molecular complexity index is 839. The third-order valence-electron chi connectivity index (χ3n) is 5.48. The summed E-state index contributed by atoms with van der Waals surface area (Å²) < 4.78 is 6.84. The minimum Gasteiger partial charge on any atom is -0.472 e. The summed E-state index contributed by atoms with van der Waals surface area (Å²) in [5.74, 6) is 2.86. The van der Waals surface area contributed by atoms with Crippen molar-refractivity contribution in [2.75, 3.05) is 6.61 Å². The van der Waals surface area contributed by atoms with E-state index in [0.29, 0.717) is 6.61 Å². The standard InChI is InChI=1S/C25H32O4Si/c1-19(16-17-23(26)27)24(28)20(2)18-29-30(25(3,4)5,21-12-8-6-9-13-21)22-14-10-7-11-15-22/h6-15,19-20,24,28H,18H2,1-5H3,(H,26,27)/t19-,20+,24-/m0/s1. The average molecular weight is 425 g/mol. The first-order valence-corrected chi connectivity index (χ1v) is 12.2. The Morgan fingerprint density at radius 1 is 1.00 bits per heavy atom. The maximum atomic E-state index is 10.7. The maximum Gasteiger partial charge on any atom is 0.381 e. The van der Waals surface area contributed by atoms with Crippen LogP contribution in [-0.2, 0) is 9.22 Å². The molecule has 2 aromatic carbocycles. The number of aliphatic carboxylic acids is 1. The minimum atomic E-state index is -2.67. The van der Waals surface area contributed by atoms with E-state index in [0.717, 1.165) is 0 Å². The molecule has 2 rings (SSSR count). The van der Waals surface area contributed by atoms with E-state index >= 15 is 0 Å². The molecular formula is C25H32O4Si. The number of benzene rings is 2. The normalized spacial score (nSPS) is 14.9. The second-order valence-electron chi connectivity index (χ2n) is 8.81. The average Bonchev–Trinajstić information content (AvgIpc) is 2.72. The number of rotatable bonds is 7. The van der Waals surface area contributed by atoms with Crippen LogP contribution in [0.5, 0.6) is 0 Å². The molecule has 4 nitrogen and oxygen atoms in total. The molecule has 0 aromatic heterocycles. The highest BCUT2D eigenvalue weighted by Gasteiger charge is 2.50. The van der Waals surface area contributed by atoms with E-state index in [9.17, 15) is 9.90 Å². The minimum absolute atomic E-state index is 0.144. The zero-order valence-corrected chi connectivity index (χ0v) is 19.4. The highest BCUT2D eigenvalue weighted by atomic mass is 28.4. The van der Waals surface area contributed by atoms with Gasteiger partial charge < -0.3 is 14.6 Å². The fourth-order valence-electron chi connectivity index (χ4n) is 3.87. The van der Waals surface area contributed by atoms with Crippen LogP contribution in [0.4, 0.5) is 0 Å². The molecule has 0 heterocycles. The third kappa shape index (κ3) is 5.40. The van der Waals surface area contributed by atoms with Crippen LogP contribution < -0.4 is 10.4 Å². The zero-order chi connectivity index (χ0) is 22.4. The fraction of sp³-hybridized carbons (Fsp3) is 0.400.